The van der Waals surface area contributed by atoms with E-state index in [2.05, 4.69) is 4.72 Å². The summed E-state index contributed by atoms with van der Waals surface area (Å²) in [6.45, 7) is 0. The van der Waals surface area contributed by atoms with Crippen LogP contribution in [0.2, 0.25) is 0 Å². The van der Waals surface area contributed by atoms with Crippen molar-refractivity contribution in [3.63, 3.8) is 0 Å². The van der Waals surface area contributed by atoms with E-state index in [9.17, 15) is 0 Å². The molecule has 12 heavy (non-hydrogen) atoms. The van der Waals surface area contributed by atoms with E-state index in [-0.39, 0.29) is 0 Å². The molecule has 2 N–H and O–H groups in total. The summed E-state index contributed by atoms with van der Waals surface area (Å²) < 4.78 is 2.91. The van der Waals surface area contributed by atoms with E-state index in [0.717, 1.165) is 10.5 Å². The van der Waals surface area contributed by atoms with Crippen molar-refractivity contribution in [2.75, 3.05) is 0 Å². The van der Waals surface area contributed by atoms with Crippen molar-refractivity contribution in [1.82, 2.24) is 4.72 Å². The number of nitrogens with one attached hydrogen (secondary N) is 2. The van der Waals surface area contributed by atoms with Crippen molar-refractivity contribution in [1.29, 1.82) is 5.41 Å². The van der Waals surface area contributed by atoms with Gasteiger partial charge in [0, 0.05) is 4.90 Å². The molecule has 0 radical (unpaired) electrons. The van der Waals surface area contributed by atoms with E-state index in [0.29, 0.717) is 5.84 Å². The fourth-order valence-electron chi connectivity index (χ4n) is 1.03. The zero-order valence-corrected chi connectivity index (χ0v) is 7.19. The quantitative estimate of drug-likeness (QED) is 0.595. The Bertz CT molecular complexity index is 344. The molecule has 60 valence electrons. The summed E-state index contributed by atoms with van der Waals surface area (Å²) in [7, 11) is 0. The highest BCUT2D eigenvalue weighted by molar-refractivity contribution is 7.98. The van der Waals surface area contributed by atoms with Gasteiger partial charge in [0.1, 0.15) is 5.84 Å². The number of rotatable bonds is 0. The Labute approximate surface area is 75.3 Å². The summed E-state index contributed by atoms with van der Waals surface area (Å²) in [5.74, 6) is 0.441. The summed E-state index contributed by atoms with van der Waals surface area (Å²) in [6.07, 6.45) is 3.71. The Morgan fingerprint density at radius 2 is 2.00 bits per heavy atom. The van der Waals surface area contributed by atoms with E-state index in [1.165, 1.54) is 11.9 Å². The Hall–Kier alpha value is -1.22. The van der Waals surface area contributed by atoms with Gasteiger partial charge >= 0.3 is 0 Å². The van der Waals surface area contributed by atoms with E-state index in [1.54, 1.807) is 6.08 Å². The summed E-state index contributed by atoms with van der Waals surface area (Å²) >= 11 is 1.48. The molecule has 0 bridgehead atoms. The van der Waals surface area contributed by atoms with E-state index < -0.39 is 0 Å². The normalized spacial score (nSPS) is 14.8. The van der Waals surface area contributed by atoms with Gasteiger partial charge in [-0.1, -0.05) is 24.3 Å². The molecule has 0 fully saturated rings. The van der Waals surface area contributed by atoms with Crippen LogP contribution in [-0.4, -0.2) is 5.84 Å². The molecule has 0 unspecified atom stereocenters. The Kier molecular flexibility index (Phi) is 1.87. The molecule has 1 heterocycles. The lowest BCUT2D eigenvalue weighted by Gasteiger charge is -2.01. The smallest absolute Gasteiger partial charge is 0.128 e. The largest absolute Gasteiger partial charge is 0.311 e. The number of hydrogen-bond acceptors (Lipinski definition) is 2. The average molecular weight is 176 g/mol. The number of fused-ring (bicyclic) bond motifs is 1. The maximum Gasteiger partial charge on any atom is 0.128 e. The summed E-state index contributed by atoms with van der Waals surface area (Å²) in [5, 5.41) is 7.39. The molecular formula is C9H8N2S. The highest BCUT2D eigenvalue weighted by Gasteiger charge is 2.03. The highest BCUT2D eigenvalue weighted by atomic mass is 32.2. The van der Waals surface area contributed by atoms with Crippen LogP contribution in [0.4, 0.5) is 0 Å². The number of amidine groups is 1. The molecule has 0 amide bonds. The molecule has 1 aromatic carbocycles. The lowest BCUT2D eigenvalue weighted by atomic mass is 10.2. The van der Waals surface area contributed by atoms with Crippen LogP contribution in [0.15, 0.2) is 35.2 Å². The predicted molar refractivity (Wildman–Crippen MR) is 52.2 cm³/mol. The number of benzene rings is 1. The molecule has 1 aliphatic heterocycles. The second-order valence-corrected chi connectivity index (χ2v) is 3.34. The van der Waals surface area contributed by atoms with Gasteiger partial charge in [0.05, 0.1) is 0 Å². The average Bonchev–Trinajstić information content (AvgIpc) is 2.29. The van der Waals surface area contributed by atoms with Crippen molar-refractivity contribution in [2.45, 2.75) is 4.90 Å². The molecule has 0 aliphatic carbocycles. The minimum atomic E-state index is 0.441. The minimum Gasteiger partial charge on any atom is -0.311 e. The lowest BCUT2D eigenvalue weighted by molar-refractivity contribution is 1.37. The Morgan fingerprint density at radius 3 is 2.92 bits per heavy atom. The number of hydrogen-bond donors (Lipinski definition) is 2. The van der Waals surface area contributed by atoms with Crippen molar-refractivity contribution < 1.29 is 0 Å². The standard InChI is InChI=1S/C9H8N2S/c10-9-6-5-7-3-1-2-4-8(7)12-11-9/h1-6H,(H2,10,11). The fourth-order valence-corrected chi connectivity index (χ4v) is 1.72. The zero-order valence-electron chi connectivity index (χ0n) is 6.37. The molecule has 2 nitrogen and oxygen atoms in total. The third kappa shape index (κ3) is 1.36. The zero-order chi connectivity index (χ0) is 8.39. The van der Waals surface area contributed by atoms with Gasteiger partial charge in [-0.25, -0.2) is 0 Å². The molecule has 1 aliphatic rings. The Morgan fingerprint density at radius 1 is 1.17 bits per heavy atom. The third-order valence-electron chi connectivity index (χ3n) is 1.62. The maximum absolute atomic E-state index is 7.39. The topological polar surface area (TPSA) is 35.9 Å². The first-order valence-electron chi connectivity index (χ1n) is 3.65. The van der Waals surface area contributed by atoms with Crippen molar-refractivity contribution in [2.24, 2.45) is 0 Å². The Balaban J connectivity index is 2.45. The fraction of sp³-hybridized carbons (Fsp3) is 0. The first-order valence-corrected chi connectivity index (χ1v) is 4.46. The first-order chi connectivity index (χ1) is 5.86. The van der Waals surface area contributed by atoms with Crippen LogP contribution in [0.3, 0.4) is 0 Å². The van der Waals surface area contributed by atoms with Crippen LogP contribution >= 0.6 is 11.9 Å². The molecule has 0 spiro atoms. The molecule has 2 rings (SSSR count). The van der Waals surface area contributed by atoms with Crippen molar-refractivity contribution in [3.8, 4) is 0 Å². The van der Waals surface area contributed by atoms with E-state index in [1.807, 2.05) is 30.3 Å². The van der Waals surface area contributed by atoms with Gasteiger partial charge in [0.25, 0.3) is 0 Å². The van der Waals surface area contributed by atoms with Gasteiger partial charge in [-0.05, 0) is 29.7 Å². The van der Waals surface area contributed by atoms with Gasteiger partial charge < -0.3 is 4.72 Å². The summed E-state index contributed by atoms with van der Waals surface area (Å²) in [6, 6.07) is 8.07. The van der Waals surface area contributed by atoms with Crippen LogP contribution in [0.5, 0.6) is 0 Å². The molecule has 3 heteroatoms. The van der Waals surface area contributed by atoms with Gasteiger partial charge in [0.2, 0.25) is 0 Å². The van der Waals surface area contributed by atoms with E-state index >= 15 is 0 Å². The molecule has 0 atom stereocenters. The second kappa shape index (κ2) is 3.03. The molecule has 1 aromatic rings. The van der Waals surface area contributed by atoms with Gasteiger partial charge in [-0.2, -0.15) is 0 Å². The molecule has 0 aromatic heterocycles. The van der Waals surface area contributed by atoms with Crippen molar-refractivity contribution in [3.05, 3.63) is 35.9 Å². The molecule has 0 saturated carbocycles. The van der Waals surface area contributed by atoms with Crippen molar-refractivity contribution >= 4 is 23.9 Å². The molecular weight excluding hydrogens is 168 g/mol. The summed E-state index contributed by atoms with van der Waals surface area (Å²) in [4.78, 5) is 1.16. The predicted octanol–water partition coefficient (Wildman–Crippen LogP) is 2.29. The monoisotopic (exact) mass is 176 g/mol. The molecule has 0 saturated heterocycles. The van der Waals surface area contributed by atoms with E-state index in [4.69, 9.17) is 5.41 Å². The third-order valence-corrected chi connectivity index (χ3v) is 2.53. The van der Waals surface area contributed by atoms with Crippen LogP contribution in [-0.2, 0) is 0 Å². The SMILES string of the molecule is N=C1C=Cc2ccccc2SN1. The van der Waals surface area contributed by atoms with Crippen LogP contribution in [0.25, 0.3) is 6.08 Å². The van der Waals surface area contributed by atoms with Gasteiger partial charge in [0.15, 0.2) is 0 Å². The van der Waals surface area contributed by atoms with Gasteiger partial charge in [-0.15, -0.1) is 0 Å². The maximum atomic E-state index is 7.39. The van der Waals surface area contributed by atoms with Crippen LogP contribution in [0, 0.1) is 5.41 Å². The minimum absolute atomic E-state index is 0.441. The summed E-state index contributed by atoms with van der Waals surface area (Å²) in [5.41, 5.74) is 1.16. The van der Waals surface area contributed by atoms with Crippen LogP contribution in [0.1, 0.15) is 5.56 Å². The second-order valence-electron chi connectivity index (χ2n) is 2.49. The van der Waals surface area contributed by atoms with Gasteiger partial charge in [-0.3, -0.25) is 5.41 Å². The van der Waals surface area contributed by atoms with Crippen LogP contribution < -0.4 is 4.72 Å². The highest BCUT2D eigenvalue weighted by Crippen LogP contribution is 2.22. The lowest BCUT2D eigenvalue weighted by Crippen LogP contribution is -2.09. The first kappa shape index (κ1) is 7.43.